The van der Waals surface area contributed by atoms with Gasteiger partial charge in [0, 0.05) is 0 Å². The Kier molecular flexibility index (Phi) is 3.31. The maximum atomic E-state index is 12.0. The molecule has 2 fully saturated rings. The first kappa shape index (κ1) is 9.57. The molecule has 0 aromatic carbocycles. The lowest BCUT2D eigenvalue weighted by molar-refractivity contribution is -0.115. The Hall–Kier alpha value is 0.0200. The van der Waals surface area contributed by atoms with E-state index in [4.69, 9.17) is 0 Å². The summed E-state index contributed by atoms with van der Waals surface area (Å²) in [6, 6.07) is 0. The van der Waals surface area contributed by atoms with Crippen LogP contribution in [0.5, 0.6) is 0 Å². The Morgan fingerprint density at radius 2 is 1.54 bits per heavy atom. The molecule has 1 saturated carbocycles. The van der Waals surface area contributed by atoms with E-state index >= 15 is 0 Å². The van der Waals surface area contributed by atoms with E-state index in [1.54, 1.807) is 0 Å². The standard InChI is InChI=1S/C11H19OS/c12-11(13-8-4-5-9-13)10-6-2-1-3-7-10/h10H,1-9H2/q+1. The molecule has 1 saturated heterocycles. The van der Waals surface area contributed by atoms with Gasteiger partial charge < -0.3 is 0 Å². The van der Waals surface area contributed by atoms with Gasteiger partial charge in [0.15, 0.2) is 0 Å². The average Bonchev–Trinajstić information content (AvgIpc) is 2.71. The van der Waals surface area contributed by atoms with Crippen molar-refractivity contribution in [2.24, 2.45) is 5.92 Å². The number of carbonyl (C=O) groups excluding carboxylic acids is 1. The molecule has 0 unspecified atom stereocenters. The second kappa shape index (κ2) is 4.50. The molecule has 0 atom stereocenters. The zero-order valence-electron chi connectivity index (χ0n) is 8.26. The highest BCUT2D eigenvalue weighted by Crippen LogP contribution is 2.28. The van der Waals surface area contributed by atoms with Crippen LogP contribution in [0.2, 0.25) is 0 Å². The molecular formula is C11H19OS+. The number of rotatable bonds is 1. The lowest BCUT2D eigenvalue weighted by Crippen LogP contribution is -2.27. The fourth-order valence-corrected chi connectivity index (χ4v) is 4.85. The third kappa shape index (κ3) is 2.28. The molecule has 1 aliphatic heterocycles. The van der Waals surface area contributed by atoms with Gasteiger partial charge in [0.25, 0.3) is 0 Å². The first-order valence-corrected chi connectivity index (χ1v) is 7.15. The number of hydrogen-bond acceptors (Lipinski definition) is 1. The average molecular weight is 199 g/mol. The van der Waals surface area contributed by atoms with E-state index in [2.05, 4.69) is 0 Å². The molecular weight excluding hydrogens is 180 g/mol. The SMILES string of the molecule is O=C(C1CCCCC1)[S+]1CCCC1. The van der Waals surface area contributed by atoms with E-state index in [0.717, 1.165) is 0 Å². The van der Waals surface area contributed by atoms with Crippen molar-refractivity contribution in [3.8, 4) is 0 Å². The molecule has 0 aromatic heterocycles. The van der Waals surface area contributed by atoms with Crippen LogP contribution in [-0.2, 0) is 15.7 Å². The van der Waals surface area contributed by atoms with E-state index in [1.165, 1.54) is 56.5 Å². The summed E-state index contributed by atoms with van der Waals surface area (Å²) >= 11 is 0. The van der Waals surface area contributed by atoms with Crippen LogP contribution in [0, 0.1) is 5.92 Å². The Bertz CT molecular complexity index is 179. The molecule has 2 rings (SSSR count). The maximum absolute atomic E-state index is 12.0. The van der Waals surface area contributed by atoms with E-state index in [1.807, 2.05) is 0 Å². The van der Waals surface area contributed by atoms with Crippen LogP contribution >= 0.6 is 0 Å². The maximum Gasteiger partial charge on any atom is 0.334 e. The molecule has 13 heavy (non-hydrogen) atoms. The summed E-state index contributed by atoms with van der Waals surface area (Å²) in [5.74, 6) is 2.90. The van der Waals surface area contributed by atoms with Crippen molar-refractivity contribution in [1.82, 2.24) is 0 Å². The zero-order chi connectivity index (χ0) is 9.10. The molecule has 0 bridgehead atoms. The summed E-state index contributed by atoms with van der Waals surface area (Å²) in [6.07, 6.45) is 8.96. The summed E-state index contributed by atoms with van der Waals surface area (Å²) in [5, 5.41) is 0.650. The topological polar surface area (TPSA) is 17.1 Å². The van der Waals surface area contributed by atoms with E-state index < -0.39 is 0 Å². The normalized spacial score (nSPS) is 26.5. The third-order valence-electron chi connectivity index (χ3n) is 3.25. The van der Waals surface area contributed by atoms with Gasteiger partial charge in [-0.25, -0.2) is 4.79 Å². The minimum atomic E-state index is 0.192. The van der Waals surface area contributed by atoms with Crippen molar-refractivity contribution in [3.05, 3.63) is 0 Å². The van der Waals surface area contributed by atoms with Gasteiger partial charge in [0.2, 0.25) is 0 Å². The van der Waals surface area contributed by atoms with Crippen molar-refractivity contribution in [2.75, 3.05) is 11.5 Å². The largest absolute Gasteiger partial charge is 0.334 e. The zero-order valence-corrected chi connectivity index (χ0v) is 9.07. The smallest absolute Gasteiger partial charge is 0.237 e. The highest BCUT2D eigenvalue weighted by Gasteiger charge is 2.38. The molecule has 0 N–H and O–H groups in total. The van der Waals surface area contributed by atoms with Gasteiger partial charge in [-0.05, 0) is 25.7 Å². The first-order chi connectivity index (χ1) is 6.38. The molecule has 1 nitrogen and oxygen atoms in total. The van der Waals surface area contributed by atoms with Gasteiger partial charge >= 0.3 is 5.12 Å². The molecule has 0 radical (unpaired) electrons. The highest BCUT2D eigenvalue weighted by atomic mass is 32.2. The van der Waals surface area contributed by atoms with Crippen LogP contribution in [0.25, 0.3) is 0 Å². The molecule has 74 valence electrons. The van der Waals surface area contributed by atoms with Crippen LogP contribution in [0.15, 0.2) is 0 Å². The fourth-order valence-electron chi connectivity index (χ4n) is 2.43. The Morgan fingerprint density at radius 1 is 0.923 bits per heavy atom. The Labute approximate surface area is 83.6 Å². The van der Waals surface area contributed by atoms with Gasteiger partial charge in [0.05, 0.1) is 16.8 Å². The van der Waals surface area contributed by atoms with Gasteiger partial charge in [-0.15, -0.1) is 0 Å². The Balaban J connectivity index is 1.87. The quantitative estimate of drug-likeness (QED) is 0.593. The summed E-state index contributed by atoms with van der Waals surface area (Å²) in [5.41, 5.74) is 0. The van der Waals surface area contributed by atoms with Gasteiger partial charge in [0.1, 0.15) is 11.5 Å². The predicted molar refractivity (Wildman–Crippen MR) is 57.9 cm³/mol. The van der Waals surface area contributed by atoms with Gasteiger partial charge in [-0.2, -0.15) is 0 Å². The second-order valence-corrected chi connectivity index (χ2v) is 6.47. The molecule has 2 aliphatic rings. The molecule has 1 aliphatic carbocycles. The van der Waals surface area contributed by atoms with E-state index in [-0.39, 0.29) is 10.9 Å². The first-order valence-electron chi connectivity index (χ1n) is 5.59. The predicted octanol–water partition coefficient (Wildman–Crippen LogP) is 2.51. The second-order valence-electron chi connectivity index (χ2n) is 4.26. The van der Waals surface area contributed by atoms with Crippen molar-refractivity contribution in [3.63, 3.8) is 0 Å². The highest BCUT2D eigenvalue weighted by molar-refractivity contribution is 8.11. The van der Waals surface area contributed by atoms with Crippen LogP contribution in [-0.4, -0.2) is 16.6 Å². The van der Waals surface area contributed by atoms with Crippen molar-refractivity contribution in [2.45, 2.75) is 44.9 Å². The molecule has 0 spiro atoms. The third-order valence-corrected chi connectivity index (χ3v) is 5.72. The minimum Gasteiger partial charge on any atom is -0.237 e. The Morgan fingerprint density at radius 3 is 2.15 bits per heavy atom. The molecule has 0 amide bonds. The summed E-state index contributed by atoms with van der Waals surface area (Å²) in [7, 11) is 0.192. The molecule has 0 aromatic rings. The number of carbonyl (C=O) groups is 1. The minimum absolute atomic E-state index is 0.192. The van der Waals surface area contributed by atoms with Crippen LogP contribution in [0.1, 0.15) is 44.9 Å². The number of hydrogen-bond donors (Lipinski definition) is 0. The van der Waals surface area contributed by atoms with E-state index in [9.17, 15) is 4.79 Å². The van der Waals surface area contributed by atoms with Crippen LogP contribution < -0.4 is 0 Å². The van der Waals surface area contributed by atoms with Crippen molar-refractivity contribution < 1.29 is 4.79 Å². The van der Waals surface area contributed by atoms with Crippen LogP contribution in [0.4, 0.5) is 0 Å². The van der Waals surface area contributed by atoms with Crippen molar-refractivity contribution in [1.29, 1.82) is 0 Å². The van der Waals surface area contributed by atoms with Gasteiger partial charge in [-0.1, -0.05) is 19.3 Å². The van der Waals surface area contributed by atoms with Gasteiger partial charge in [-0.3, -0.25) is 0 Å². The lowest BCUT2D eigenvalue weighted by Gasteiger charge is -2.18. The van der Waals surface area contributed by atoms with Crippen molar-refractivity contribution >= 4 is 16.0 Å². The lowest BCUT2D eigenvalue weighted by atomic mass is 9.90. The summed E-state index contributed by atoms with van der Waals surface area (Å²) in [4.78, 5) is 12.0. The molecule has 1 heterocycles. The monoisotopic (exact) mass is 199 g/mol. The summed E-state index contributed by atoms with van der Waals surface area (Å²) in [6.45, 7) is 0. The van der Waals surface area contributed by atoms with Crippen LogP contribution in [0.3, 0.4) is 0 Å². The van der Waals surface area contributed by atoms with E-state index in [0.29, 0.717) is 11.0 Å². The summed E-state index contributed by atoms with van der Waals surface area (Å²) < 4.78 is 0. The fraction of sp³-hybridized carbons (Fsp3) is 0.909. The molecule has 2 heteroatoms.